The molecule has 2 atom stereocenters. The molecular weight excluding hydrogens is 254 g/mol. The molecular formula is C16H23NO3. The van der Waals surface area contributed by atoms with Gasteiger partial charge in [0.1, 0.15) is 5.75 Å². The normalized spacial score (nSPS) is 23.4. The summed E-state index contributed by atoms with van der Waals surface area (Å²) < 4.78 is 10.1. The molecule has 0 radical (unpaired) electrons. The molecule has 1 aromatic rings. The van der Waals surface area contributed by atoms with Gasteiger partial charge in [0, 0.05) is 12.5 Å². The first kappa shape index (κ1) is 14.9. The van der Waals surface area contributed by atoms with E-state index >= 15 is 0 Å². The van der Waals surface area contributed by atoms with Gasteiger partial charge in [0.05, 0.1) is 14.2 Å². The Labute approximate surface area is 120 Å². The maximum Gasteiger partial charge on any atom is 0.305 e. The van der Waals surface area contributed by atoms with Crippen LogP contribution in [0.25, 0.3) is 0 Å². The average molecular weight is 277 g/mol. The maximum atomic E-state index is 11.4. The highest BCUT2D eigenvalue weighted by Crippen LogP contribution is 2.35. The van der Waals surface area contributed by atoms with Crippen molar-refractivity contribution in [3.8, 4) is 5.75 Å². The van der Waals surface area contributed by atoms with Gasteiger partial charge in [0.15, 0.2) is 0 Å². The van der Waals surface area contributed by atoms with Gasteiger partial charge in [-0.3, -0.25) is 9.69 Å². The van der Waals surface area contributed by atoms with Gasteiger partial charge in [-0.1, -0.05) is 12.1 Å². The Hall–Kier alpha value is -1.55. The summed E-state index contributed by atoms with van der Waals surface area (Å²) in [5.74, 6) is 1.17. The highest BCUT2D eigenvalue weighted by atomic mass is 16.5. The van der Waals surface area contributed by atoms with E-state index in [2.05, 4.69) is 24.1 Å². The Balaban J connectivity index is 2.09. The number of piperidine rings is 1. The van der Waals surface area contributed by atoms with Crippen LogP contribution >= 0.6 is 0 Å². The standard InChI is InChI=1S/C16H23NO3/c1-17-8-7-12(10-16(18)20-3)9-15(17)13-5-4-6-14(11-13)19-2/h4-6,11-12,15H,7-10H2,1-3H3/t12-,15-/m0/s1. The first-order valence-corrected chi connectivity index (χ1v) is 7.05. The van der Waals surface area contributed by atoms with Crippen molar-refractivity contribution in [2.45, 2.75) is 25.3 Å². The third kappa shape index (κ3) is 3.51. The summed E-state index contributed by atoms with van der Waals surface area (Å²) in [4.78, 5) is 13.8. The zero-order valence-electron chi connectivity index (χ0n) is 12.5. The molecule has 1 aliphatic rings. The molecule has 110 valence electrons. The second-order valence-corrected chi connectivity index (χ2v) is 5.44. The molecule has 1 aromatic carbocycles. The lowest BCUT2D eigenvalue weighted by atomic mass is 9.85. The summed E-state index contributed by atoms with van der Waals surface area (Å²) in [5, 5.41) is 0. The summed E-state index contributed by atoms with van der Waals surface area (Å²) in [5.41, 5.74) is 1.25. The largest absolute Gasteiger partial charge is 0.497 e. The molecule has 0 bridgehead atoms. The molecule has 1 saturated heterocycles. The van der Waals surface area contributed by atoms with Crippen LogP contribution in [0.15, 0.2) is 24.3 Å². The Morgan fingerprint density at radius 1 is 1.40 bits per heavy atom. The first-order valence-electron chi connectivity index (χ1n) is 7.05. The van der Waals surface area contributed by atoms with Crippen molar-refractivity contribution in [2.75, 3.05) is 27.8 Å². The molecule has 0 saturated carbocycles. The molecule has 4 heteroatoms. The molecule has 0 spiro atoms. The summed E-state index contributed by atoms with van der Waals surface area (Å²) in [6.45, 7) is 1.00. The smallest absolute Gasteiger partial charge is 0.305 e. The molecule has 1 aliphatic heterocycles. The molecule has 2 rings (SSSR count). The van der Waals surface area contributed by atoms with Crippen LogP contribution in [0.1, 0.15) is 30.9 Å². The summed E-state index contributed by atoms with van der Waals surface area (Å²) in [7, 11) is 5.28. The molecule has 4 nitrogen and oxygen atoms in total. The zero-order chi connectivity index (χ0) is 14.5. The number of hydrogen-bond donors (Lipinski definition) is 0. The van der Waals surface area contributed by atoms with Crippen LogP contribution in [0.4, 0.5) is 0 Å². The second-order valence-electron chi connectivity index (χ2n) is 5.44. The van der Waals surface area contributed by atoms with Crippen molar-refractivity contribution in [1.29, 1.82) is 0 Å². The number of methoxy groups -OCH3 is 2. The van der Waals surface area contributed by atoms with Crippen molar-refractivity contribution in [3.05, 3.63) is 29.8 Å². The number of hydrogen-bond acceptors (Lipinski definition) is 4. The minimum Gasteiger partial charge on any atom is -0.497 e. The fraction of sp³-hybridized carbons (Fsp3) is 0.562. The van der Waals surface area contributed by atoms with Gasteiger partial charge in [-0.15, -0.1) is 0 Å². The van der Waals surface area contributed by atoms with Gasteiger partial charge in [0.2, 0.25) is 0 Å². The van der Waals surface area contributed by atoms with Crippen molar-refractivity contribution in [3.63, 3.8) is 0 Å². The van der Waals surface area contributed by atoms with Gasteiger partial charge in [0.25, 0.3) is 0 Å². The van der Waals surface area contributed by atoms with Crippen LogP contribution in [-0.2, 0) is 9.53 Å². The molecule has 20 heavy (non-hydrogen) atoms. The van der Waals surface area contributed by atoms with Crippen molar-refractivity contribution >= 4 is 5.97 Å². The highest BCUT2D eigenvalue weighted by molar-refractivity contribution is 5.69. The Morgan fingerprint density at radius 3 is 2.90 bits per heavy atom. The van der Waals surface area contributed by atoms with Crippen molar-refractivity contribution in [1.82, 2.24) is 4.90 Å². The Bertz CT molecular complexity index is 461. The number of carbonyl (C=O) groups is 1. The minimum absolute atomic E-state index is 0.107. The molecule has 0 aromatic heterocycles. The number of esters is 1. The van der Waals surface area contributed by atoms with Gasteiger partial charge in [-0.05, 0) is 50.0 Å². The van der Waals surface area contributed by atoms with E-state index in [1.807, 2.05) is 12.1 Å². The fourth-order valence-electron chi connectivity index (χ4n) is 2.90. The third-order valence-electron chi connectivity index (χ3n) is 4.14. The second kappa shape index (κ2) is 6.75. The van der Waals surface area contributed by atoms with Crippen LogP contribution in [0.2, 0.25) is 0 Å². The number of nitrogens with zero attached hydrogens (tertiary/aromatic N) is 1. The summed E-state index contributed by atoms with van der Waals surface area (Å²) >= 11 is 0. The molecule has 1 heterocycles. The molecule has 0 N–H and O–H groups in total. The van der Waals surface area contributed by atoms with E-state index in [1.54, 1.807) is 7.11 Å². The molecule has 0 aliphatic carbocycles. The van der Waals surface area contributed by atoms with Crippen LogP contribution < -0.4 is 4.74 Å². The van der Waals surface area contributed by atoms with Gasteiger partial charge in [-0.25, -0.2) is 0 Å². The molecule has 0 unspecified atom stereocenters. The topological polar surface area (TPSA) is 38.8 Å². The van der Waals surface area contributed by atoms with Gasteiger partial charge in [-0.2, -0.15) is 0 Å². The monoisotopic (exact) mass is 277 g/mol. The van der Waals surface area contributed by atoms with E-state index in [1.165, 1.54) is 12.7 Å². The number of rotatable bonds is 4. The van der Waals surface area contributed by atoms with E-state index in [4.69, 9.17) is 9.47 Å². The Kier molecular flexibility index (Phi) is 5.01. The van der Waals surface area contributed by atoms with Crippen molar-refractivity contribution < 1.29 is 14.3 Å². The molecule has 0 amide bonds. The predicted molar refractivity (Wildman–Crippen MR) is 77.7 cm³/mol. The summed E-state index contributed by atoms with van der Waals surface area (Å²) in [6, 6.07) is 8.53. The van der Waals surface area contributed by atoms with Gasteiger partial charge < -0.3 is 9.47 Å². The molecule has 1 fully saturated rings. The minimum atomic E-state index is -0.107. The van der Waals surface area contributed by atoms with Crippen LogP contribution in [0.5, 0.6) is 5.75 Å². The van der Waals surface area contributed by atoms with Crippen LogP contribution in [0.3, 0.4) is 0 Å². The van der Waals surface area contributed by atoms with E-state index in [0.717, 1.165) is 25.1 Å². The first-order chi connectivity index (χ1) is 9.63. The van der Waals surface area contributed by atoms with Crippen LogP contribution in [-0.4, -0.2) is 38.7 Å². The number of benzene rings is 1. The third-order valence-corrected chi connectivity index (χ3v) is 4.14. The van der Waals surface area contributed by atoms with E-state index in [-0.39, 0.29) is 5.97 Å². The quantitative estimate of drug-likeness (QED) is 0.793. The highest BCUT2D eigenvalue weighted by Gasteiger charge is 2.28. The van der Waals surface area contributed by atoms with Gasteiger partial charge >= 0.3 is 5.97 Å². The fourth-order valence-corrected chi connectivity index (χ4v) is 2.90. The summed E-state index contributed by atoms with van der Waals surface area (Å²) in [6.07, 6.45) is 2.55. The van der Waals surface area contributed by atoms with Crippen molar-refractivity contribution in [2.24, 2.45) is 5.92 Å². The number of likely N-dealkylation sites (tertiary alicyclic amines) is 1. The average Bonchev–Trinajstić information content (AvgIpc) is 2.49. The Morgan fingerprint density at radius 2 is 2.20 bits per heavy atom. The van der Waals surface area contributed by atoms with Crippen LogP contribution in [0, 0.1) is 5.92 Å². The number of carbonyl (C=O) groups excluding carboxylic acids is 1. The lowest BCUT2D eigenvalue weighted by Gasteiger charge is -2.37. The van der Waals surface area contributed by atoms with E-state index < -0.39 is 0 Å². The lowest BCUT2D eigenvalue weighted by molar-refractivity contribution is -0.142. The SMILES string of the molecule is COC(=O)C[C@H]1CCN(C)[C@H](c2cccc(OC)c2)C1. The maximum absolute atomic E-state index is 11.4. The van der Waals surface area contributed by atoms with E-state index in [9.17, 15) is 4.79 Å². The van der Waals surface area contributed by atoms with E-state index in [0.29, 0.717) is 18.4 Å². The lowest BCUT2D eigenvalue weighted by Crippen LogP contribution is -2.34. The zero-order valence-corrected chi connectivity index (χ0v) is 12.5. The predicted octanol–water partition coefficient (Wildman–Crippen LogP) is 2.64. The number of ether oxygens (including phenoxy) is 2.